The predicted octanol–water partition coefficient (Wildman–Crippen LogP) is 2.34. The van der Waals surface area contributed by atoms with Gasteiger partial charge in [0.15, 0.2) is 0 Å². The van der Waals surface area contributed by atoms with Crippen molar-refractivity contribution in [3.05, 3.63) is 29.8 Å². The standard InChI is InChI=1S/C15H23NO3/c1-17-11-10-16-9-5-4-6-13-7-8-14(18-2)12-15(13)19-3/h4,6-8,12,16H,5,9-11H2,1-3H3. The van der Waals surface area contributed by atoms with Crippen LogP contribution in [-0.2, 0) is 4.74 Å². The van der Waals surface area contributed by atoms with Gasteiger partial charge in [-0.1, -0.05) is 12.2 Å². The lowest BCUT2D eigenvalue weighted by Crippen LogP contribution is -2.19. The summed E-state index contributed by atoms with van der Waals surface area (Å²) in [5.74, 6) is 1.62. The summed E-state index contributed by atoms with van der Waals surface area (Å²) in [6, 6.07) is 5.81. The lowest BCUT2D eigenvalue weighted by Gasteiger charge is -2.07. The highest BCUT2D eigenvalue weighted by Gasteiger charge is 2.01. The SMILES string of the molecule is COCCNCCC=Cc1ccc(OC)cc1OC. The molecule has 4 nitrogen and oxygen atoms in total. The van der Waals surface area contributed by atoms with Crippen LogP contribution in [0.25, 0.3) is 6.08 Å². The summed E-state index contributed by atoms with van der Waals surface area (Å²) in [5, 5.41) is 3.29. The van der Waals surface area contributed by atoms with E-state index in [9.17, 15) is 0 Å². The predicted molar refractivity (Wildman–Crippen MR) is 77.9 cm³/mol. The highest BCUT2D eigenvalue weighted by molar-refractivity contribution is 5.59. The van der Waals surface area contributed by atoms with Gasteiger partial charge in [0.05, 0.1) is 20.8 Å². The molecule has 0 unspecified atom stereocenters. The van der Waals surface area contributed by atoms with Gasteiger partial charge in [0.25, 0.3) is 0 Å². The third-order valence-corrected chi connectivity index (χ3v) is 2.71. The van der Waals surface area contributed by atoms with Gasteiger partial charge in [-0.3, -0.25) is 0 Å². The maximum atomic E-state index is 5.33. The highest BCUT2D eigenvalue weighted by Crippen LogP contribution is 2.25. The molecular formula is C15H23NO3. The summed E-state index contributed by atoms with van der Waals surface area (Å²) >= 11 is 0. The molecule has 0 amide bonds. The molecule has 1 aromatic carbocycles. The molecule has 0 heterocycles. The van der Waals surface area contributed by atoms with E-state index in [-0.39, 0.29) is 0 Å². The summed E-state index contributed by atoms with van der Waals surface area (Å²) in [4.78, 5) is 0. The Morgan fingerprint density at radius 1 is 1.11 bits per heavy atom. The molecule has 0 aliphatic carbocycles. The highest BCUT2D eigenvalue weighted by atomic mass is 16.5. The van der Waals surface area contributed by atoms with E-state index in [0.717, 1.165) is 43.2 Å². The van der Waals surface area contributed by atoms with Crippen LogP contribution in [0.15, 0.2) is 24.3 Å². The van der Waals surface area contributed by atoms with Crippen LogP contribution in [0.2, 0.25) is 0 Å². The minimum absolute atomic E-state index is 0.746. The van der Waals surface area contributed by atoms with Crippen LogP contribution < -0.4 is 14.8 Å². The second-order valence-electron chi connectivity index (χ2n) is 4.04. The Labute approximate surface area is 115 Å². The zero-order valence-corrected chi connectivity index (χ0v) is 11.9. The van der Waals surface area contributed by atoms with Crippen LogP contribution in [0.3, 0.4) is 0 Å². The van der Waals surface area contributed by atoms with Gasteiger partial charge in [-0.2, -0.15) is 0 Å². The van der Waals surface area contributed by atoms with Gasteiger partial charge < -0.3 is 19.5 Å². The monoisotopic (exact) mass is 265 g/mol. The maximum Gasteiger partial charge on any atom is 0.129 e. The number of hydrogen-bond acceptors (Lipinski definition) is 4. The maximum absolute atomic E-state index is 5.33. The largest absolute Gasteiger partial charge is 0.497 e. The summed E-state index contributed by atoms with van der Waals surface area (Å²) in [5.41, 5.74) is 1.06. The van der Waals surface area contributed by atoms with E-state index in [4.69, 9.17) is 14.2 Å². The van der Waals surface area contributed by atoms with Gasteiger partial charge in [0.2, 0.25) is 0 Å². The Hall–Kier alpha value is -1.52. The summed E-state index contributed by atoms with van der Waals surface area (Å²) in [6.07, 6.45) is 5.17. The topological polar surface area (TPSA) is 39.7 Å². The number of benzene rings is 1. The van der Waals surface area contributed by atoms with Gasteiger partial charge in [0.1, 0.15) is 11.5 Å². The van der Waals surface area contributed by atoms with E-state index in [1.807, 2.05) is 18.2 Å². The lowest BCUT2D eigenvalue weighted by molar-refractivity contribution is 0.199. The second kappa shape index (κ2) is 9.42. The number of rotatable bonds is 9. The van der Waals surface area contributed by atoms with Crippen LogP contribution in [0.4, 0.5) is 0 Å². The van der Waals surface area contributed by atoms with Crippen molar-refractivity contribution in [3.8, 4) is 11.5 Å². The molecule has 0 aliphatic rings. The average molecular weight is 265 g/mol. The molecule has 0 fully saturated rings. The van der Waals surface area contributed by atoms with E-state index < -0.39 is 0 Å². The average Bonchev–Trinajstić information content (AvgIpc) is 2.46. The first-order valence-corrected chi connectivity index (χ1v) is 6.40. The minimum atomic E-state index is 0.746. The van der Waals surface area contributed by atoms with Crippen LogP contribution >= 0.6 is 0 Å². The number of hydrogen-bond donors (Lipinski definition) is 1. The van der Waals surface area contributed by atoms with Crippen LogP contribution in [0, 0.1) is 0 Å². The van der Waals surface area contributed by atoms with E-state index in [0.29, 0.717) is 0 Å². The van der Waals surface area contributed by atoms with Crippen molar-refractivity contribution in [2.24, 2.45) is 0 Å². The van der Waals surface area contributed by atoms with Gasteiger partial charge in [-0.05, 0) is 25.1 Å². The van der Waals surface area contributed by atoms with Crippen LogP contribution in [0.1, 0.15) is 12.0 Å². The minimum Gasteiger partial charge on any atom is -0.497 e. The van der Waals surface area contributed by atoms with E-state index in [1.165, 1.54) is 0 Å². The molecule has 0 aromatic heterocycles. The van der Waals surface area contributed by atoms with Crippen molar-refractivity contribution in [1.82, 2.24) is 5.32 Å². The fraction of sp³-hybridized carbons (Fsp3) is 0.467. The zero-order valence-electron chi connectivity index (χ0n) is 11.9. The van der Waals surface area contributed by atoms with E-state index >= 15 is 0 Å². The summed E-state index contributed by atoms with van der Waals surface area (Å²) < 4.78 is 15.5. The first kappa shape index (κ1) is 15.5. The molecule has 0 spiro atoms. The smallest absolute Gasteiger partial charge is 0.129 e. The second-order valence-corrected chi connectivity index (χ2v) is 4.04. The Bertz CT molecular complexity index is 391. The molecule has 1 aromatic rings. The van der Waals surface area contributed by atoms with Crippen molar-refractivity contribution in [2.75, 3.05) is 41.0 Å². The fourth-order valence-electron chi connectivity index (χ4n) is 1.65. The Morgan fingerprint density at radius 2 is 1.95 bits per heavy atom. The molecular weight excluding hydrogens is 242 g/mol. The molecule has 0 atom stereocenters. The van der Waals surface area contributed by atoms with Gasteiger partial charge in [0, 0.05) is 25.3 Å². The Morgan fingerprint density at radius 3 is 2.63 bits per heavy atom. The number of nitrogens with one attached hydrogen (secondary N) is 1. The van der Waals surface area contributed by atoms with Gasteiger partial charge >= 0.3 is 0 Å². The van der Waals surface area contributed by atoms with Gasteiger partial charge in [-0.25, -0.2) is 0 Å². The van der Waals surface area contributed by atoms with Crippen molar-refractivity contribution in [3.63, 3.8) is 0 Å². The van der Waals surface area contributed by atoms with Crippen LogP contribution in [-0.4, -0.2) is 41.0 Å². The molecule has 0 radical (unpaired) electrons. The fourth-order valence-corrected chi connectivity index (χ4v) is 1.65. The molecule has 19 heavy (non-hydrogen) atoms. The molecule has 1 rings (SSSR count). The molecule has 0 saturated heterocycles. The number of ether oxygens (including phenoxy) is 3. The van der Waals surface area contributed by atoms with Crippen molar-refractivity contribution < 1.29 is 14.2 Å². The molecule has 1 N–H and O–H groups in total. The zero-order chi connectivity index (χ0) is 13.9. The first-order chi connectivity index (χ1) is 9.31. The molecule has 0 bridgehead atoms. The molecule has 4 heteroatoms. The molecule has 106 valence electrons. The van der Waals surface area contributed by atoms with E-state index in [1.54, 1.807) is 21.3 Å². The normalized spacial score (nSPS) is 10.9. The van der Waals surface area contributed by atoms with Gasteiger partial charge in [-0.15, -0.1) is 0 Å². The van der Waals surface area contributed by atoms with E-state index in [2.05, 4.69) is 17.5 Å². The Balaban J connectivity index is 2.43. The van der Waals surface area contributed by atoms with Crippen LogP contribution in [0.5, 0.6) is 11.5 Å². The lowest BCUT2D eigenvalue weighted by atomic mass is 10.1. The summed E-state index contributed by atoms with van der Waals surface area (Å²) in [7, 11) is 5.02. The molecule has 0 aliphatic heterocycles. The summed E-state index contributed by atoms with van der Waals surface area (Å²) in [6.45, 7) is 2.57. The number of methoxy groups -OCH3 is 3. The third-order valence-electron chi connectivity index (χ3n) is 2.71. The van der Waals surface area contributed by atoms with Crippen molar-refractivity contribution in [2.45, 2.75) is 6.42 Å². The first-order valence-electron chi connectivity index (χ1n) is 6.40. The van der Waals surface area contributed by atoms with Crippen molar-refractivity contribution in [1.29, 1.82) is 0 Å². The molecule has 0 saturated carbocycles. The quantitative estimate of drug-likeness (QED) is 0.696. The third kappa shape index (κ3) is 5.77. The Kier molecular flexibility index (Phi) is 7.70. The van der Waals surface area contributed by atoms with Crippen molar-refractivity contribution >= 4 is 6.08 Å².